The number of hydrogen-bond acceptors (Lipinski definition) is 3. The van der Waals surface area contributed by atoms with Crippen LogP contribution < -0.4 is 5.32 Å². The largest absolute Gasteiger partial charge is 0.338 e. The van der Waals surface area contributed by atoms with Crippen molar-refractivity contribution >= 4 is 17.5 Å². The van der Waals surface area contributed by atoms with E-state index in [2.05, 4.69) is 5.32 Å². The second-order valence-corrected chi connectivity index (χ2v) is 6.97. The molecule has 2 aliphatic heterocycles. The number of amides is 2. The molecule has 2 heterocycles. The van der Waals surface area contributed by atoms with E-state index < -0.39 is 5.66 Å². The Morgan fingerprint density at radius 3 is 2.35 bits per heavy atom. The van der Waals surface area contributed by atoms with Crippen molar-refractivity contribution < 1.29 is 9.59 Å². The fraction of sp³-hybridized carbons (Fsp3) is 0.286. The third kappa shape index (κ3) is 3.01. The molecule has 0 saturated carbocycles. The normalized spacial score (nSPS) is 18.6. The van der Waals surface area contributed by atoms with Crippen LogP contribution in [0.25, 0.3) is 0 Å². The van der Waals surface area contributed by atoms with Crippen LogP contribution in [0.5, 0.6) is 0 Å². The molecule has 1 N–H and O–H groups in total. The van der Waals surface area contributed by atoms with E-state index in [0.717, 1.165) is 11.1 Å². The molecule has 0 radical (unpaired) electrons. The highest BCUT2D eigenvalue weighted by molar-refractivity contribution is 6.46. The molecule has 0 aromatic heterocycles. The molecule has 4 rings (SSSR count). The van der Waals surface area contributed by atoms with E-state index in [4.69, 9.17) is 4.99 Å². The van der Waals surface area contributed by atoms with Gasteiger partial charge in [0.1, 0.15) is 11.4 Å². The number of benzene rings is 2. The molecule has 2 aromatic rings. The quantitative estimate of drug-likeness (QED) is 0.907. The van der Waals surface area contributed by atoms with Gasteiger partial charge in [0.05, 0.1) is 0 Å². The summed E-state index contributed by atoms with van der Waals surface area (Å²) < 4.78 is 0. The molecule has 2 aromatic carbocycles. The van der Waals surface area contributed by atoms with Crippen LogP contribution in [0.1, 0.15) is 34.3 Å². The van der Waals surface area contributed by atoms with Crippen LogP contribution in [0.3, 0.4) is 0 Å². The Morgan fingerprint density at radius 1 is 1.04 bits per heavy atom. The Labute approximate surface area is 152 Å². The third-order valence-electron chi connectivity index (χ3n) is 5.11. The zero-order valence-corrected chi connectivity index (χ0v) is 14.7. The van der Waals surface area contributed by atoms with Crippen molar-refractivity contribution in [3.05, 3.63) is 71.3 Å². The molecular formula is C21H21N3O2. The number of aryl methyl sites for hydroxylation is 1. The standard InChI is InChI=1S/C21H21N3O2/c1-15-7-9-17(10-8-15)20(26)24-13-11-21(12-14-24)22-18(19(25)23-21)16-5-3-2-4-6-16/h2-10H,11-14H2,1H3,(H,23,25). The number of nitrogens with zero attached hydrogens (tertiary/aromatic N) is 2. The van der Waals surface area contributed by atoms with E-state index in [1.165, 1.54) is 0 Å². The lowest BCUT2D eigenvalue weighted by Gasteiger charge is -2.37. The molecule has 1 fully saturated rings. The number of aliphatic imine (C=N–C) groups is 1. The highest BCUT2D eigenvalue weighted by Crippen LogP contribution is 2.29. The molecular weight excluding hydrogens is 326 g/mol. The molecule has 0 aliphatic carbocycles. The van der Waals surface area contributed by atoms with Crippen molar-refractivity contribution in [1.29, 1.82) is 0 Å². The molecule has 132 valence electrons. The number of carbonyl (C=O) groups excluding carboxylic acids is 2. The molecule has 0 unspecified atom stereocenters. The van der Waals surface area contributed by atoms with Crippen LogP contribution >= 0.6 is 0 Å². The van der Waals surface area contributed by atoms with Crippen molar-refractivity contribution in [3.8, 4) is 0 Å². The summed E-state index contributed by atoms with van der Waals surface area (Å²) in [5.41, 5.74) is 2.58. The molecule has 2 aliphatic rings. The first kappa shape index (κ1) is 16.5. The molecule has 0 atom stereocenters. The Hall–Kier alpha value is -2.95. The highest BCUT2D eigenvalue weighted by atomic mass is 16.2. The topological polar surface area (TPSA) is 61.8 Å². The smallest absolute Gasteiger partial charge is 0.272 e. The summed E-state index contributed by atoms with van der Waals surface area (Å²) in [5, 5.41) is 3.04. The summed E-state index contributed by atoms with van der Waals surface area (Å²) in [7, 11) is 0. The van der Waals surface area contributed by atoms with Crippen LogP contribution in [0.4, 0.5) is 0 Å². The number of nitrogens with one attached hydrogen (secondary N) is 1. The Morgan fingerprint density at radius 2 is 1.69 bits per heavy atom. The number of rotatable bonds is 2. The van der Waals surface area contributed by atoms with E-state index in [0.29, 0.717) is 37.2 Å². The fourth-order valence-electron chi connectivity index (χ4n) is 3.55. The second-order valence-electron chi connectivity index (χ2n) is 6.97. The first-order chi connectivity index (χ1) is 12.6. The highest BCUT2D eigenvalue weighted by Gasteiger charge is 2.42. The maximum absolute atomic E-state index is 12.7. The zero-order chi connectivity index (χ0) is 18.1. The van der Waals surface area contributed by atoms with Gasteiger partial charge < -0.3 is 10.2 Å². The number of piperidine rings is 1. The van der Waals surface area contributed by atoms with Crippen molar-refractivity contribution in [2.45, 2.75) is 25.4 Å². The van der Waals surface area contributed by atoms with Gasteiger partial charge >= 0.3 is 0 Å². The number of carbonyl (C=O) groups is 2. The first-order valence-electron chi connectivity index (χ1n) is 8.90. The summed E-state index contributed by atoms with van der Waals surface area (Å²) in [5.74, 6) is -0.0917. The van der Waals surface area contributed by atoms with Gasteiger partial charge in [-0.15, -0.1) is 0 Å². The molecule has 1 saturated heterocycles. The van der Waals surface area contributed by atoms with Gasteiger partial charge in [0, 0.05) is 37.1 Å². The molecule has 0 bridgehead atoms. The SMILES string of the molecule is Cc1ccc(C(=O)N2CCC3(CC2)N=C(c2ccccc2)C(=O)N3)cc1. The average molecular weight is 347 g/mol. The van der Waals surface area contributed by atoms with Gasteiger partial charge in [-0.3, -0.25) is 14.6 Å². The summed E-state index contributed by atoms with van der Waals surface area (Å²) in [4.78, 5) is 31.6. The Kier molecular flexibility index (Phi) is 4.07. The van der Waals surface area contributed by atoms with E-state index in [1.807, 2.05) is 66.4 Å². The number of likely N-dealkylation sites (tertiary alicyclic amines) is 1. The Balaban J connectivity index is 1.48. The number of hydrogen-bond donors (Lipinski definition) is 1. The minimum atomic E-state index is -0.577. The van der Waals surface area contributed by atoms with E-state index in [1.54, 1.807) is 0 Å². The van der Waals surface area contributed by atoms with E-state index in [-0.39, 0.29) is 11.8 Å². The van der Waals surface area contributed by atoms with Gasteiger partial charge in [0.15, 0.2) is 0 Å². The lowest BCUT2D eigenvalue weighted by Crippen LogP contribution is -2.52. The van der Waals surface area contributed by atoms with Crippen molar-refractivity contribution in [2.24, 2.45) is 4.99 Å². The van der Waals surface area contributed by atoms with Gasteiger partial charge in [-0.05, 0) is 19.1 Å². The van der Waals surface area contributed by atoms with Crippen molar-refractivity contribution in [2.75, 3.05) is 13.1 Å². The van der Waals surface area contributed by atoms with Gasteiger partial charge in [-0.1, -0.05) is 48.0 Å². The molecule has 2 amide bonds. The van der Waals surface area contributed by atoms with Crippen LogP contribution in [0.2, 0.25) is 0 Å². The predicted molar refractivity (Wildman–Crippen MR) is 100 cm³/mol. The molecule has 1 spiro atoms. The zero-order valence-electron chi connectivity index (χ0n) is 14.7. The summed E-state index contributed by atoms with van der Waals surface area (Å²) in [6.07, 6.45) is 1.26. The van der Waals surface area contributed by atoms with Crippen molar-refractivity contribution in [1.82, 2.24) is 10.2 Å². The van der Waals surface area contributed by atoms with E-state index in [9.17, 15) is 9.59 Å². The van der Waals surface area contributed by atoms with Crippen LogP contribution in [0.15, 0.2) is 59.6 Å². The Bertz CT molecular complexity index is 864. The monoisotopic (exact) mass is 347 g/mol. The van der Waals surface area contributed by atoms with Gasteiger partial charge in [-0.2, -0.15) is 0 Å². The first-order valence-corrected chi connectivity index (χ1v) is 8.90. The van der Waals surface area contributed by atoms with Gasteiger partial charge in [0.2, 0.25) is 0 Å². The summed E-state index contributed by atoms with van der Waals surface area (Å²) >= 11 is 0. The van der Waals surface area contributed by atoms with Crippen LogP contribution in [-0.2, 0) is 4.79 Å². The fourth-order valence-corrected chi connectivity index (χ4v) is 3.55. The maximum Gasteiger partial charge on any atom is 0.272 e. The minimum absolute atomic E-state index is 0.0384. The predicted octanol–water partition coefficient (Wildman–Crippen LogP) is 2.55. The third-order valence-corrected chi connectivity index (χ3v) is 5.11. The maximum atomic E-state index is 12.7. The lowest BCUT2D eigenvalue weighted by atomic mass is 9.97. The van der Waals surface area contributed by atoms with Gasteiger partial charge in [-0.25, -0.2) is 0 Å². The van der Waals surface area contributed by atoms with Gasteiger partial charge in [0.25, 0.3) is 11.8 Å². The van der Waals surface area contributed by atoms with E-state index >= 15 is 0 Å². The average Bonchev–Trinajstić information content (AvgIpc) is 2.99. The lowest BCUT2D eigenvalue weighted by molar-refractivity contribution is -0.115. The van der Waals surface area contributed by atoms with Crippen LogP contribution in [-0.4, -0.2) is 41.2 Å². The van der Waals surface area contributed by atoms with Crippen LogP contribution in [0, 0.1) is 6.92 Å². The summed E-state index contributed by atoms with van der Waals surface area (Å²) in [6, 6.07) is 17.1. The summed E-state index contributed by atoms with van der Waals surface area (Å²) in [6.45, 7) is 3.17. The molecule has 5 heteroatoms. The molecule has 26 heavy (non-hydrogen) atoms. The molecule has 5 nitrogen and oxygen atoms in total. The van der Waals surface area contributed by atoms with Crippen molar-refractivity contribution in [3.63, 3.8) is 0 Å². The second kappa shape index (κ2) is 6.41. The minimum Gasteiger partial charge on any atom is -0.338 e.